The standard InChI is InChI=1S/C24BF20.C15H14NS/c26-5-1(6(27)14(35)21(42)13(5)34)25(2-7(28)15(36)22(43)16(37)8(2)29,3-9(30)17(38)23(44)18(39)10(3)31)4-11(32)19(40)24(45)20(41)12(4)33;1-17(12-14-5-3-2-4-6-14)15-9-7-13(11-16)8-10-15/h;2-10H,12H2,1H3/q-1;+1. The predicted octanol–water partition coefficient (Wildman–Crippen LogP) is 9.21. The molecule has 0 radical (unpaired) electrons. The summed E-state index contributed by atoms with van der Waals surface area (Å²) in [5, 5.41) is 8.75. The van der Waals surface area contributed by atoms with Crippen molar-refractivity contribution in [2.24, 2.45) is 0 Å². The maximum absolute atomic E-state index is 15.4. The van der Waals surface area contributed by atoms with Crippen LogP contribution in [0.15, 0.2) is 59.5 Å². The van der Waals surface area contributed by atoms with Gasteiger partial charge in [0.25, 0.3) is 0 Å². The van der Waals surface area contributed by atoms with Crippen molar-refractivity contribution in [3.8, 4) is 6.07 Å². The Labute approximate surface area is 336 Å². The first-order valence-electron chi connectivity index (χ1n) is 16.4. The molecule has 0 aliphatic rings. The van der Waals surface area contributed by atoms with E-state index in [2.05, 4.69) is 48.7 Å². The number of hydrogen-bond donors (Lipinski definition) is 0. The average Bonchev–Trinajstić information content (AvgIpc) is 3.26. The summed E-state index contributed by atoms with van der Waals surface area (Å²) in [6.45, 7) is 0. The second kappa shape index (κ2) is 17.7. The predicted molar refractivity (Wildman–Crippen MR) is 182 cm³/mol. The molecule has 0 N–H and O–H groups in total. The van der Waals surface area contributed by atoms with Gasteiger partial charge in [0, 0.05) is 16.5 Å². The number of nitrogens with zero attached hydrogens (tertiary/aromatic N) is 1. The Hall–Kier alpha value is -6.18. The van der Waals surface area contributed by atoms with Gasteiger partial charge in [0.2, 0.25) is 0 Å². The first-order valence-corrected chi connectivity index (χ1v) is 18.2. The highest BCUT2D eigenvalue weighted by atomic mass is 32.2. The van der Waals surface area contributed by atoms with Crippen LogP contribution in [0.4, 0.5) is 87.8 Å². The van der Waals surface area contributed by atoms with E-state index in [0.717, 1.165) is 11.3 Å². The zero-order valence-corrected chi connectivity index (χ0v) is 30.7. The molecule has 0 amide bonds. The lowest BCUT2D eigenvalue weighted by atomic mass is 9.12. The van der Waals surface area contributed by atoms with Crippen LogP contribution in [0, 0.1) is 128 Å². The van der Waals surface area contributed by atoms with E-state index in [0.29, 0.717) is 0 Å². The highest BCUT2D eigenvalue weighted by molar-refractivity contribution is 7.95. The molecule has 0 saturated heterocycles. The van der Waals surface area contributed by atoms with E-state index < -0.39 is 144 Å². The molecule has 0 bridgehead atoms. The Morgan fingerprint density at radius 3 is 0.855 bits per heavy atom. The molecule has 324 valence electrons. The first-order chi connectivity index (χ1) is 29.0. The summed E-state index contributed by atoms with van der Waals surface area (Å²) in [6, 6.07) is 20.6. The third-order valence-electron chi connectivity index (χ3n) is 9.32. The quantitative estimate of drug-likeness (QED) is 0.0516. The van der Waals surface area contributed by atoms with Gasteiger partial charge in [-0.1, -0.05) is 30.3 Å². The van der Waals surface area contributed by atoms with Crippen molar-refractivity contribution < 1.29 is 87.8 Å². The van der Waals surface area contributed by atoms with Crippen LogP contribution in [-0.2, 0) is 16.6 Å². The molecule has 0 heterocycles. The average molecular weight is 919 g/mol. The third kappa shape index (κ3) is 7.47. The summed E-state index contributed by atoms with van der Waals surface area (Å²) >= 11 is 0. The number of rotatable bonds is 7. The van der Waals surface area contributed by atoms with Crippen molar-refractivity contribution in [3.63, 3.8) is 0 Å². The second-order valence-corrected chi connectivity index (χ2v) is 14.7. The van der Waals surface area contributed by atoms with Crippen molar-refractivity contribution in [1.82, 2.24) is 0 Å². The van der Waals surface area contributed by atoms with Gasteiger partial charge in [0.05, 0.1) is 11.6 Å². The fourth-order valence-corrected chi connectivity index (χ4v) is 8.00. The molecule has 23 heteroatoms. The molecule has 0 aromatic heterocycles. The van der Waals surface area contributed by atoms with Gasteiger partial charge in [-0.3, -0.25) is 0 Å². The van der Waals surface area contributed by atoms with Crippen molar-refractivity contribution in [2.45, 2.75) is 10.6 Å². The van der Waals surface area contributed by atoms with Gasteiger partial charge in [-0.2, -0.15) is 5.26 Å². The van der Waals surface area contributed by atoms with Gasteiger partial charge in [0.1, 0.15) is 64.7 Å². The van der Waals surface area contributed by atoms with Gasteiger partial charge in [-0.25, -0.2) is 87.8 Å². The minimum Gasteiger partial charge on any atom is -0.207 e. The third-order valence-corrected chi connectivity index (χ3v) is 11.2. The molecule has 6 aromatic rings. The Kier molecular flexibility index (Phi) is 13.4. The van der Waals surface area contributed by atoms with Gasteiger partial charge in [0.15, 0.2) is 74.7 Å². The molecule has 1 nitrogen and oxygen atoms in total. The van der Waals surface area contributed by atoms with Gasteiger partial charge in [-0.05, 0) is 24.3 Å². The summed E-state index contributed by atoms with van der Waals surface area (Å²) in [6.07, 6.45) is -4.97. The maximum atomic E-state index is 15.4. The molecule has 62 heavy (non-hydrogen) atoms. The van der Waals surface area contributed by atoms with Crippen LogP contribution in [0.1, 0.15) is 11.1 Å². The lowest BCUT2D eigenvalue weighted by Gasteiger charge is -2.44. The van der Waals surface area contributed by atoms with E-state index in [1.54, 1.807) is 0 Å². The van der Waals surface area contributed by atoms with Crippen LogP contribution in [-0.4, -0.2) is 12.4 Å². The fraction of sp³-hybridized carbons (Fsp3) is 0.0513. The molecular weight excluding hydrogens is 905 g/mol. The normalized spacial score (nSPS) is 11.9. The largest absolute Gasteiger partial charge is 0.207 e. The van der Waals surface area contributed by atoms with Crippen molar-refractivity contribution in [3.05, 3.63) is 182 Å². The molecule has 6 rings (SSSR count). The molecule has 1 atom stereocenters. The van der Waals surface area contributed by atoms with E-state index >= 15 is 35.1 Å². The number of nitriles is 1. The monoisotopic (exact) mass is 919 g/mol. The van der Waals surface area contributed by atoms with Crippen LogP contribution in [0.2, 0.25) is 0 Å². The van der Waals surface area contributed by atoms with E-state index in [-0.39, 0.29) is 10.9 Å². The Morgan fingerprint density at radius 1 is 0.371 bits per heavy atom. The number of hydrogen-bond acceptors (Lipinski definition) is 1. The second-order valence-electron chi connectivity index (χ2n) is 12.7. The fourth-order valence-electron chi connectivity index (χ4n) is 6.54. The first kappa shape index (κ1) is 46.9. The highest BCUT2D eigenvalue weighted by Gasteiger charge is 2.52. The molecular formula is C39H14BF20NS. The topological polar surface area (TPSA) is 23.8 Å². The van der Waals surface area contributed by atoms with E-state index in [9.17, 15) is 52.7 Å². The Bertz CT molecular complexity index is 2410. The van der Waals surface area contributed by atoms with Gasteiger partial charge < -0.3 is 0 Å². The van der Waals surface area contributed by atoms with Gasteiger partial charge >= 0.3 is 0 Å². The molecule has 0 saturated carbocycles. The molecule has 0 spiro atoms. The number of benzene rings is 6. The molecule has 0 aliphatic heterocycles. The van der Waals surface area contributed by atoms with Crippen LogP contribution < -0.4 is 21.9 Å². The molecule has 0 aliphatic carbocycles. The highest BCUT2D eigenvalue weighted by Crippen LogP contribution is 2.31. The zero-order valence-electron chi connectivity index (χ0n) is 29.9. The molecule has 6 aromatic carbocycles. The zero-order chi connectivity index (χ0) is 46.4. The summed E-state index contributed by atoms with van der Waals surface area (Å²) in [5.74, 6) is -70.3. The maximum Gasteiger partial charge on any atom is 0.200 e. The van der Waals surface area contributed by atoms with Crippen molar-refractivity contribution >= 4 is 38.9 Å². The Balaban J connectivity index is 0.000000355. The van der Waals surface area contributed by atoms with Crippen LogP contribution in [0.3, 0.4) is 0 Å². The Morgan fingerprint density at radius 2 is 0.613 bits per heavy atom. The summed E-state index contributed by atoms with van der Waals surface area (Å²) in [4.78, 5) is 1.31. The lowest BCUT2D eigenvalue weighted by molar-refractivity contribution is 0.378. The molecule has 1 unspecified atom stereocenters. The summed E-state index contributed by atoms with van der Waals surface area (Å²) < 4.78 is 294. The van der Waals surface area contributed by atoms with Crippen molar-refractivity contribution in [1.29, 1.82) is 5.26 Å². The van der Waals surface area contributed by atoms with Crippen LogP contribution >= 0.6 is 0 Å². The van der Waals surface area contributed by atoms with Crippen molar-refractivity contribution in [2.75, 3.05) is 6.26 Å². The molecule has 0 fully saturated rings. The van der Waals surface area contributed by atoms with E-state index in [1.165, 1.54) is 10.5 Å². The lowest BCUT2D eigenvalue weighted by Crippen LogP contribution is -2.81. The van der Waals surface area contributed by atoms with E-state index in [1.807, 2.05) is 18.2 Å². The minimum atomic E-state index is -7.22. The van der Waals surface area contributed by atoms with Gasteiger partial charge in [-0.15, -0.1) is 21.9 Å². The summed E-state index contributed by atoms with van der Waals surface area (Å²) in [7, 11) is 0.196. The van der Waals surface area contributed by atoms with Crippen LogP contribution in [0.5, 0.6) is 0 Å². The van der Waals surface area contributed by atoms with Crippen LogP contribution in [0.25, 0.3) is 0 Å². The smallest absolute Gasteiger partial charge is 0.200 e. The van der Waals surface area contributed by atoms with E-state index in [4.69, 9.17) is 5.26 Å². The SMILES string of the molecule is C[S+](Cc1ccccc1)c1ccc(C#N)cc1.Fc1c(F)c(F)c([B-](c2c(F)c(F)c(F)c(F)c2F)(c2c(F)c(F)c(F)c(F)c2F)c2c(F)c(F)c(F)c(F)c2F)c(F)c1F. The minimum absolute atomic E-state index is 0.196. The summed E-state index contributed by atoms with van der Waals surface area (Å²) in [5.41, 5.74) is -12.2. The number of halogens is 20.